The van der Waals surface area contributed by atoms with Crippen molar-refractivity contribution in [2.45, 2.75) is 27.7 Å². The smallest absolute Gasteiger partial charge is 0.152 e. The summed E-state index contributed by atoms with van der Waals surface area (Å²) >= 11 is 0. The summed E-state index contributed by atoms with van der Waals surface area (Å²) in [5, 5.41) is 0. The molecule has 88 valence electrons. The summed E-state index contributed by atoms with van der Waals surface area (Å²) in [6.45, 7) is 7.90. The minimum absolute atomic E-state index is 0.769. The van der Waals surface area contributed by atoms with Gasteiger partial charge in [0.2, 0.25) is 0 Å². The van der Waals surface area contributed by atoms with E-state index in [4.69, 9.17) is 0 Å². The molecule has 0 aliphatic rings. The van der Waals surface area contributed by atoms with E-state index in [1.165, 1.54) is 0 Å². The molecule has 2 rings (SSSR count). The number of pyridine rings is 1. The molecule has 0 aliphatic heterocycles. The Morgan fingerprint density at radius 2 is 1.82 bits per heavy atom. The molecule has 0 bridgehead atoms. The van der Waals surface area contributed by atoms with Gasteiger partial charge >= 0.3 is 0 Å². The second kappa shape index (κ2) is 4.17. The number of aryl methyl sites for hydroxylation is 1. The summed E-state index contributed by atoms with van der Waals surface area (Å²) in [6.07, 6.45) is 0.921. The molecular weight excluding hydrogens is 212 g/mol. The van der Waals surface area contributed by atoms with Gasteiger partial charge in [-0.15, -0.1) is 0 Å². The van der Waals surface area contributed by atoms with Crippen LogP contribution in [0.3, 0.4) is 0 Å². The van der Waals surface area contributed by atoms with Gasteiger partial charge < -0.3 is 4.57 Å². The summed E-state index contributed by atoms with van der Waals surface area (Å²) in [5.41, 5.74) is 4.79. The van der Waals surface area contributed by atoms with Gasteiger partial charge in [0, 0.05) is 22.6 Å². The third-order valence-electron chi connectivity index (χ3n) is 3.23. The lowest BCUT2D eigenvalue weighted by Gasteiger charge is -2.09. The Kier molecular flexibility index (Phi) is 2.84. The molecule has 2 aromatic rings. The number of rotatable bonds is 2. The van der Waals surface area contributed by atoms with Crippen LogP contribution in [-0.2, 0) is 0 Å². The molecule has 2 heterocycles. The average Bonchev–Trinajstić information content (AvgIpc) is 2.50. The minimum atomic E-state index is 0.769. The highest BCUT2D eigenvalue weighted by Gasteiger charge is 2.15. The minimum Gasteiger partial charge on any atom is -0.302 e. The first-order chi connectivity index (χ1) is 8.06. The lowest BCUT2D eigenvalue weighted by molar-refractivity contribution is 0.112. The molecule has 0 radical (unpaired) electrons. The molecule has 0 amide bonds. The highest BCUT2D eigenvalue weighted by molar-refractivity contribution is 5.80. The molecule has 3 nitrogen and oxygen atoms in total. The fourth-order valence-corrected chi connectivity index (χ4v) is 2.18. The quantitative estimate of drug-likeness (QED) is 0.741. The highest BCUT2D eigenvalue weighted by atomic mass is 16.1. The Morgan fingerprint density at radius 3 is 2.35 bits per heavy atom. The zero-order valence-electron chi connectivity index (χ0n) is 10.6. The predicted octanol–water partition coefficient (Wildman–Crippen LogP) is 2.92. The first-order valence-electron chi connectivity index (χ1n) is 5.64. The molecule has 0 unspecified atom stereocenters. The largest absolute Gasteiger partial charge is 0.302 e. The fraction of sp³-hybridized carbons (Fsp3) is 0.286. The first kappa shape index (κ1) is 11.6. The van der Waals surface area contributed by atoms with Crippen LogP contribution >= 0.6 is 0 Å². The maximum atomic E-state index is 11.1. The van der Waals surface area contributed by atoms with Crippen LogP contribution in [0.5, 0.6) is 0 Å². The maximum Gasteiger partial charge on any atom is 0.152 e. The number of hydrogen-bond donors (Lipinski definition) is 0. The Hall–Kier alpha value is -1.90. The monoisotopic (exact) mass is 228 g/mol. The van der Waals surface area contributed by atoms with E-state index in [-0.39, 0.29) is 0 Å². The zero-order valence-corrected chi connectivity index (χ0v) is 10.6. The van der Waals surface area contributed by atoms with E-state index in [1.54, 1.807) is 0 Å². The SMILES string of the molecule is Cc1cccc(-n2c(C)c(C)c(C=O)c2C)n1. The van der Waals surface area contributed by atoms with Crippen molar-refractivity contribution >= 4 is 6.29 Å². The van der Waals surface area contributed by atoms with Crippen LogP contribution in [-0.4, -0.2) is 15.8 Å². The maximum absolute atomic E-state index is 11.1. The van der Waals surface area contributed by atoms with Crippen molar-refractivity contribution in [1.29, 1.82) is 0 Å². The van der Waals surface area contributed by atoms with Crippen molar-refractivity contribution in [2.75, 3.05) is 0 Å². The van der Waals surface area contributed by atoms with Gasteiger partial charge in [-0.1, -0.05) is 6.07 Å². The summed E-state index contributed by atoms with van der Waals surface area (Å²) in [7, 11) is 0. The van der Waals surface area contributed by atoms with Gasteiger partial charge in [-0.05, 0) is 45.4 Å². The van der Waals surface area contributed by atoms with Crippen LogP contribution in [0.2, 0.25) is 0 Å². The summed E-state index contributed by atoms with van der Waals surface area (Å²) in [6, 6.07) is 5.90. The van der Waals surface area contributed by atoms with E-state index in [0.29, 0.717) is 0 Å². The van der Waals surface area contributed by atoms with E-state index in [1.807, 2.05) is 50.5 Å². The van der Waals surface area contributed by atoms with E-state index >= 15 is 0 Å². The molecule has 0 saturated heterocycles. The molecule has 0 saturated carbocycles. The van der Waals surface area contributed by atoms with Crippen LogP contribution in [0.1, 0.15) is 33.0 Å². The van der Waals surface area contributed by atoms with E-state index in [0.717, 1.165) is 40.3 Å². The van der Waals surface area contributed by atoms with E-state index in [2.05, 4.69) is 4.98 Å². The van der Waals surface area contributed by atoms with Crippen LogP contribution in [0.25, 0.3) is 5.82 Å². The topological polar surface area (TPSA) is 34.9 Å². The number of aldehydes is 1. The summed E-state index contributed by atoms with van der Waals surface area (Å²) in [4.78, 5) is 15.6. The van der Waals surface area contributed by atoms with Gasteiger partial charge in [0.1, 0.15) is 5.82 Å². The molecule has 0 fully saturated rings. The Labute approximate surface area is 101 Å². The molecule has 3 heteroatoms. The van der Waals surface area contributed by atoms with Crippen LogP contribution in [0.4, 0.5) is 0 Å². The predicted molar refractivity (Wildman–Crippen MR) is 67.9 cm³/mol. The molecule has 0 atom stereocenters. The van der Waals surface area contributed by atoms with Gasteiger partial charge in [-0.3, -0.25) is 4.79 Å². The Bertz CT molecular complexity index is 582. The van der Waals surface area contributed by atoms with E-state index in [9.17, 15) is 4.79 Å². The number of aromatic nitrogens is 2. The fourth-order valence-electron chi connectivity index (χ4n) is 2.18. The van der Waals surface area contributed by atoms with Gasteiger partial charge in [-0.25, -0.2) is 4.98 Å². The second-order valence-corrected chi connectivity index (χ2v) is 4.30. The molecule has 0 aliphatic carbocycles. The summed E-state index contributed by atoms with van der Waals surface area (Å²) in [5.74, 6) is 0.871. The lowest BCUT2D eigenvalue weighted by Crippen LogP contribution is -2.02. The summed E-state index contributed by atoms with van der Waals surface area (Å²) < 4.78 is 2.03. The lowest BCUT2D eigenvalue weighted by atomic mass is 10.1. The third-order valence-corrected chi connectivity index (χ3v) is 3.23. The normalized spacial score (nSPS) is 10.6. The van der Waals surface area contributed by atoms with Crippen molar-refractivity contribution in [3.63, 3.8) is 0 Å². The van der Waals surface area contributed by atoms with Gasteiger partial charge in [0.25, 0.3) is 0 Å². The number of carbonyl (C=O) groups is 1. The Morgan fingerprint density at radius 1 is 1.12 bits per heavy atom. The van der Waals surface area contributed by atoms with E-state index < -0.39 is 0 Å². The van der Waals surface area contributed by atoms with Crippen molar-refractivity contribution < 1.29 is 4.79 Å². The van der Waals surface area contributed by atoms with Crippen LogP contribution in [0.15, 0.2) is 18.2 Å². The number of nitrogens with zero attached hydrogens (tertiary/aromatic N) is 2. The van der Waals surface area contributed by atoms with Gasteiger partial charge in [-0.2, -0.15) is 0 Å². The molecule has 0 aromatic carbocycles. The first-order valence-corrected chi connectivity index (χ1v) is 5.64. The van der Waals surface area contributed by atoms with Crippen molar-refractivity contribution in [2.24, 2.45) is 0 Å². The van der Waals surface area contributed by atoms with Crippen LogP contribution < -0.4 is 0 Å². The molecule has 0 N–H and O–H groups in total. The van der Waals surface area contributed by atoms with Crippen LogP contribution in [0, 0.1) is 27.7 Å². The highest BCUT2D eigenvalue weighted by Crippen LogP contribution is 2.23. The van der Waals surface area contributed by atoms with Gasteiger partial charge in [0.05, 0.1) is 0 Å². The molecule has 17 heavy (non-hydrogen) atoms. The Balaban J connectivity index is 2.72. The molecular formula is C14H16N2O. The molecule has 2 aromatic heterocycles. The van der Waals surface area contributed by atoms with Crippen molar-refractivity contribution in [3.8, 4) is 5.82 Å². The number of hydrogen-bond acceptors (Lipinski definition) is 2. The average molecular weight is 228 g/mol. The van der Waals surface area contributed by atoms with Crippen molar-refractivity contribution in [1.82, 2.24) is 9.55 Å². The third kappa shape index (κ3) is 1.78. The standard InChI is InChI=1S/C14H16N2O/c1-9-6-5-7-14(15-9)16-11(3)10(2)13(8-17)12(16)4/h5-8H,1-4H3. The van der Waals surface area contributed by atoms with Gasteiger partial charge in [0.15, 0.2) is 6.29 Å². The van der Waals surface area contributed by atoms with Crippen molar-refractivity contribution in [3.05, 3.63) is 46.4 Å². The second-order valence-electron chi connectivity index (χ2n) is 4.30. The number of carbonyl (C=O) groups excluding carboxylic acids is 1. The molecule has 0 spiro atoms. The zero-order chi connectivity index (χ0) is 12.6.